The lowest BCUT2D eigenvalue weighted by atomic mass is 10.0. The number of hydrogen-bond acceptors (Lipinski definition) is 3. The molecule has 3 N–H and O–H groups in total. The lowest BCUT2D eigenvalue weighted by molar-refractivity contribution is -0.126. The molecule has 2 atom stereocenters. The van der Waals surface area contributed by atoms with E-state index in [0.717, 1.165) is 19.3 Å². The first-order valence-electron chi connectivity index (χ1n) is 5.46. The fourth-order valence-electron chi connectivity index (χ4n) is 1.99. The third-order valence-corrected chi connectivity index (χ3v) is 2.78. The molecule has 0 saturated heterocycles. The minimum absolute atomic E-state index is 0.0535. The van der Waals surface area contributed by atoms with Gasteiger partial charge in [-0.05, 0) is 25.3 Å². The summed E-state index contributed by atoms with van der Waals surface area (Å²) in [5, 5.41) is 2.96. The maximum absolute atomic E-state index is 11.4. The molecule has 0 spiro atoms. The molecule has 4 heteroatoms. The van der Waals surface area contributed by atoms with Crippen LogP contribution in [-0.2, 0) is 9.53 Å². The summed E-state index contributed by atoms with van der Waals surface area (Å²) in [6, 6.07) is 0.245. The molecule has 0 radical (unpaired) electrons. The van der Waals surface area contributed by atoms with Crippen LogP contribution in [0.2, 0.25) is 0 Å². The van der Waals surface area contributed by atoms with Crippen molar-refractivity contribution in [2.75, 3.05) is 19.8 Å². The maximum Gasteiger partial charge on any atom is 0.246 e. The van der Waals surface area contributed by atoms with Gasteiger partial charge in [-0.1, -0.05) is 12.5 Å². The zero-order valence-electron chi connectivity index (χ0n) is 9.08. The lowest BCUT2D eigenvalue weighted by Gasteiger charge is -2.19. The summed E-state index contributed by atoms with van der Waals surface area (Å²) in [5.41, 5.74) is 5.63. The van der Waals surface area contributed by atoms with E-state index in [2.05, 4.69) is 11.9 Å². The molecule has 0 aromatic carbocycles. The van der Waals surface area contributed by atoms with Crippen molar-refractivity contribution in [3.8, 4) is 0 Å². The number of nitrogens with two attached hydrogens (primary N) is 1. The average Bonchev–Trinajstić information content (AvgIpc) is 2.65. The molecule has 1 saturated carbocycles. The molecule has 0 aliphatic heterocycles. The van der Waals surface area contributed by atoms with E-state index in [0.29, 0.717) is 19.1 Å². The van der Waals surface area contributed by atoms with E-state index in [4.69, 9.17) is 10.5 Å². The third kappa shape index (κ3) is 4.01. The molecule has 0 heterocycles. The molecular formula is C11H20N2O2. The van der Waals surface area contributed by atoms with Crippen molar-refractivity contribution in [3.63, 3.8) is 0 Å². The number of ether oxygens (including phenoxy) is 1. The first kappa shape index (κ1) is 12.2. The predicted molar refractivity (Wildman–Crippen MR) is 59.3 cm³/mol. The zero-order valence-corrected chi connectivity index (χ0v) is 9.08. The Labute approximate surface area is 90.9 Å². The van der Waals surface area contributed by atoms with E-state index in [-0.39, 0.29) is 18.6 Å². The summed E-state index contributed by atoms with van der Waals surface area (Å²) in [7, 11) is 0. The van der Waals surface area contributed by atoms with Crippen LogP contribution < -0.4 is 11.1 Å². The van der Waals surface area contributed by atoms with Crippen molar-refractivity contribution in [1.29, 1.82) is 0 Å². The van der Waals surface area contributed by atoms with E-state index < -0.39 is 0 Å². The van der Waals surface area contributed by atoms with E-state index in [1.54, 1.807) is 6.08 Å². The number of hydrogen-bond donors (Lipinski definition) is 2. The van der Waals surface area contributed by atoms with Gasteiger partial charge in [-0.25, -0.2) is 0 Å². The Hall–Kier alpha value is -0.870. The Balaban J connectivity index is 2.21. The monoisotopic (exact) mass is 212 g/mol. The quantitative estimate of drug-likeness (QED) is 0.496. The molecule has 2 unspecified atom stereocenters. The maximum atomic E-state index is 11.4. The van der Waals surface area contributed by atoms with Gasteiger partial charge in [0.05, 0.1) is 6.61 Å². The van der Waals surface area contributed by atoms with E-state index in [9.17, 15) is 4.79 Å². The lowest BCUT2D eigenvalue weighted by Crippen LogP contribution is -2.41. The highest BCUT2D eigenvalue weighted by molar-refractivity contribution is 5.77. The second-order valence-corrected chi connectivity index (χ2v) is 3.90. The third-order valence-electron chi connectivity index (χ3n) is 2.78. The van der Waals surface area contributed by atoms with Crippen LogP contribution >= 0.6 is 0 Å². The van der Waals surface area contributed by atoms with E-state index in [1.807, 2.05) is 0 Å². The smallest absolute Gasteiger partial charge is 0.246 e. The van der Waals surface area contributed by atoms with Gasteiger partial charge in [0.1, 0.15) is 6.61 Å². The van der Waals surface area contributed by atoms with Gasteiger partial charge in [0.25, 0.3) is 0 Å². The highest BCUT2D eigenvalue weighted by atomic mass is 16.5. The molecule has 4 nitrogen and oxygen atoms in total. The Morgan fingerprint density at radius 3 is 3.07 bits per heavy atom. The molecule has 0 bridgehead atoms. The fourth-order valence-corrected chi connectivity index (χ4v) is 1.99. The highest BCUT2D eigenvalue weighted by Crippen LogP contribution is 2.24. The fraction of sp³-hybridized carbons (Fsp3) is 0.727. The van der Waals surface area contributed by atoms with Gasteiger partial charge in [-0.3, -0.25) is 4.79 Å². The standard InChI is InChI=1S/C11H20N2O2/c1-2-6-15-8-11(14)13-10-5-3-4-9(10)7-12/h2,9-10H,1,3-8,12H2,(H,13,14). The topological polar surface area (TPSA) is 64.3 Å². The van der Waals surface area contributed by atoms with Gasteiger partial charge in [-0.2, -0.15) is 0 Å². The summed E-state index contributed by atoms with van der Waals surface area (Å²) >= 11 is 0. The highest BCUT2D eigenvalue weighted by Gasteiger charge is 2.26. The molecule has 1 aliphatic rings. The van der Waals surface area contributed by atoms with E-state index in [1.165, 1.54) is 0 Å². The second kappa shape index (κ2) is 6.58. The Morgan fingerprint density at radius 1 is 1.60 bits per heavy atom. The normalized spacial score (nSPS) is 25.1. The summed E-state index contributed by atoms with van der Waals surface area (Å²) in [4.78, 5) is 11.4. The Bertz CT molecular complexity index is 219. The van der Waals surface area contributed by atoms with Crippen LogP contribution in [0.25, 0.3) is 0 Å². The first-order chi connectivity index (χ1) is 7.27. The van der Waals surface area contributed by atoms with Gasteiger partial charge < -0.3 is 15.8 Å². The van der Waals surface area contributed by atoms with Gasteiger partial charge in [0, 0.05) is 6.04 Å². The molecule has 1 rings (SSSR count). The molecular weight excluding hydrogens is 192 g/mol. The number of carbonyl (C=O) groups excluding carboxylic acids is 1. The summed E-state index contributed by atoms with van der Waals surface area (Å²) in [6.07, 6.45) is 4.94. The van der Waals surface area contributed by atoms with Crippen molar-refractivity contribution >= 4 is 5.91 Å². The van der Waals surface area contributed by atoms with Crippen LogP contribution in [0.3, 0.4) is 0 Å². The molecule has 0 aromatic rings. The largest absolute Gasteiger partial charge is 0.368 e. The van der Waals surface area contributed by atoms with Crippen molar-refractivity contribution in [1.82, 2.24) is 5.32 Å². The second-order valence-electron chi connectivity index (χ2n) is 3.90. The van der Waals surface area contributed by atoms with E-state index >= 15 is 0 Å². The van der Waals surface area contributed by atoms with Gasteiger partial charge in [-0.15, -0.1) is 6.58 Å². The van der Waals surface area contributed by atoms with Gasteiger partial charge >= 0.3 is 0 Å². The summed E-state index contributed by atoms with van der Waals surface area (Å²) in [6.45, 7) is 4.69. The summed E-state index contributed by atoms with van der Waals surface area (Å²) in [5.74, 6) is 0.385. The zero-order chi connectivity index (χ0) is 11.1. The van der Waals surface area contributed by atoms with Gasteiger partial charge in [0.2, 0.25) is 5.91 Å². The first-order valence-corrected chi connectivity index (χ1v) is 5.46. The minimum atomic E-state index is -0.0535. The van der Waals surface area contributed by atoms with Crippen LogP contribution in [0.4, 0.5) is 0 Å². The Kier molecular flexibility index (Phi) is 5.36. The number of rotatable bonds is 6. The Morgan fingerprint density at radius 2 is 2.40 bits per heavy atom. The molecule has 0 aromatic heterocycles. The van der Waals surface area contributed by atoms with Crippen LogP contribution in [0.15, 0.2) is 12.7 Å². The van der Waals surface area contributed by atoms with Crippen molar-refractivity contribution in [3.05, 3.63) is 12.7 Å². The predicted octanol–water partition coefficient (Wildman–Crippen LogP) is 0.433. The number of amides is 1. The van der Waals surface area contributed by atoms with Crippen molar-refractivity contribution in [2.45, 2.75) is 25.3 Å². The van der Waals surface area contributed by atoms with Crippen molar-refractivity contribution < 1.29 is 9.53 Å². The van der Waals surface area contributed by atoms with Crippen LogP contribution in [-0.4, -0.2) is 31.7 Å². The molecule has 1 aliphatic carbocycles. The number of carbonyl (C=O) groups is 1. The van der Waals surface area contributed by atoms with Gasteiger partial charge in [0.15, 0.2) is 0 Å². The average molecular weight is 212 g/mol. The van der Waals surface area contributed by atoms with Crippen LogP contribution in [0.1, 0.15) is 19.3 Å². The van der Waals surface area contributed by atoms with Crippen molar-refractivity contribution in [2.24, 2.45) is 11.7 Å². The summed E-state index contributed by atoms with van der Waals surface area (Å²) < 4.78 is 5.06. The molecule has 1 amide bonds. The minimum Gasteiger partial charge on any atom is -0.368 e. The SMILES string of the molecule is C=CCOCC(=O)NC1CCCC1CN. The number of nitrogens with one attached hydrogen (secondary N) is 1. The molecule has 15 heavy (non-hydrogen) atoms. The van der Waals surface area contributed by atoms with Crippen LogP contribution in [0.5, 0.6) is 0 Å². The molecule has 1 fully saturated rings. The molecule has 86 valence electrons. The van der Waals surface area contributed by atoms with Crippen LogP contribution in [0, 0.1) is 5.92 Å².